The molecule has 0 fully saturated rings. The molecule has 1 aromatic carbocycles. The molecule has 1 nitrogen and oxygen atoms in total. The summed E-state index contributed by atoms with van der Waals surface area (Å²) in [7, 11) is 0. The Morgan fingerprint density at radius 2 is 1.95 bits per heavy atom. The quantitative estimate of drug-likeness (QED) is 0.668. The molecular formula is C16H19Cl2NS. The Morgan fingerprint density at radius 3 is 2.65 bits per heavy atom. The number of hydrogen-bond acceptors (Lipinski definition) is 2. The molecule has 1 aromatic heterocycles. The predicted octanol–water partition coefficient (Wildman–Crippen LogP) is 6.17. The summed E-state index contributed by atoms with van der Waals surface area (Å²) in [6.07, 6.45) is 2.32. The molecule has 0 bridgehead atoms. The van der Waals surface area contributed by atoms with Crippen LogP contribution < -0.4 is 5.32 Å². The Hall–Kier alpha value is -0.540. The van der Waals surface area contributed by atoms with Crippen LogP contribution >= 0.6 is 34.5 Å². The first-order chi connectivity index (χ1) is 9.65. The minimum absolute atomic E-state index is 0.432. The topological polar surface area (TPSA) is 12.0 Å². The number of nitrogens with one attached hydrogen (secondary N) is 1. The van der Waals surface area contributed by atoms with Gasteiger partial charge in [0, 0.05) is 31.4 Å². The van der Waals surface area contributed by atoms with Gasteiger partial charge in [0.15, 0.2) is 0 Å². The molecule has 2 rings (SSSR count). The van der Waals surface area contributed by atoms with Gasteiger partial charge in [-0.2, -0.15) is 0 Å². The van der Waals surface area contributed by atoms with Gasteiger partial charge in [-0.05, 0) is 43.3 Å². The zero-order chi connectivity index (χ0) is 14.5. The number of thiophene rings is 1. The number of benzene rings is 1. The minimum atomic E-state index is 0.432. The van der Waals surface area contributed by atoms with Gasteiger partial charge in [0.05, 0.1) is 0 Å². The molecule has 0 aliphatic carbocycles. The summed E-state index contributed by atoms with van der Waals surface area (Å²) in [6.45, 7) is 5.34. The van der Waals surface area contributed by atoms with Crippen molar-refractivity contribution in [2.75, 3.05) is 6.54 Å². The van der Waals surface area contributed by atoms with Gasteiger partial charge in [0.1, 0.15) is 0 Å². The number of hydrogen-bond donors (Lipinski definition) is 1. The Morgan fingerprint density at radius 1 is 1.15 bits per heavy atom. The highest BCUT2D eigenvalue weighted by atomic mass is 35.5. The van der Waals surface area contributed by atoms with E-state index in [1.54, 1.807) is 11.3 Å². The lowest BCUT2D eigenvalue weighted by Crippen LogP contribution is -2.19. The third-order valence-corrected chi connectivity index (χ3v) is 4.99. The summed E-state index contributed by atoms with van der Waals surface area (Å²) >= 11 is 14.1. The molecular weight excluding hydrogens is 309 g/mol. The molecule has 0 amide bonds. The van der Waals surface area contributed by atoms with E-state index in [2.05, 4.69) is 31.3 Å². The second kappa shape index (κ2) is 7.46. The zero-order valence-corrected chi connectivity index (χ0v) is 14.1. The highest BCUT2D eigenvalue weighted by molar-refractivity contribution is 7.15. The Balaban J connectivity index is 2.29. The van der Waals surface area contributed by atoms with Gasteiger partial charge in [-0.15, -0.1) is 11.3 Å². The van der Waals surface area contributed by atoms with E-state index in [1.807, 2.05) is 18.2 Å². The molecule has 20 heavy (non-hydrogen) atoms. The molecule has 0 saturated heterocycles. The minimum Gasteiger partial charge on any atom is -0.310 e. The molecule has 0 spiro atoms. The van der Waals surface area contributed by atoms with E-state index in [0.29, 0.717) is 6.04 Å². The van der Waals surface area contributed by atoms with E-state index in [9.17, 15) is 0 Å². The van der Waals surface area contributed by atoms with E-state index in [-0.39, 0.29) is 0 Å². The fourth-order valence-corrected chi connectivity index (χ4v) is 3.85. The number of rotatable bonds is 6. The number of halogens is 2. The van der Waals surface area contributed by atoms with Crippen LogP contribution in [0, 0.1) is 0 Å². The summed E-state index contributed by atoms with van der Waals surface area (Å²) < 4.78 is 0. The summed E-state index contributed by atoms with van der Waals surface area (Å²) in [5.74, 6) is 0. The molecule has 1 heterocycles. The van der Waals surface area contributed by atoms with Crippen molar-refractivity contribution in [1.29, 1.82) is 0 Å². The van der Waals surface area contributed by atoms with Crippen molar-refractivity contribution in [3.8, 4) is 10.4 Å². The van der Waals surface area contributed by atoms with Crippen LogP contribution in [0.2, 0.25) is 10.0 Å². The van der Waals surface area contributed by atoms with Crippen LogP contribution in [0.25, 0.3) is 10.4 Å². The first kappa shape index (κ1) is 15.8. The van der Waals surface area contributed by atoms with Crippen LogP contribution in [0.3, 0.4) is 0 Å². The van der Waals surface area contributed by atoms with Gasteiger partial charge < -0.3 is 5.32 Å². The maximum absolute atomic E-state index is 6.27. The normalized spacial score (nSPS) is 12.6. The van der Waals surface area contributed by atoms with Crippen LogP contribution in [0.1, 0.15) is 37.6 Å². The smallest absolute Gasteiger partial charge is 0.0493 e. The standard InChI is InChI=1S/C16H19Cl2NS/c1-3-5-14(19-4-2)16-9-8-15(20-16)12-10-11(17)6-7-13(12)18/h6-10,14,19H,3-5H2,1-2H3. The van der Waals surface area contributed by atoms with Crippen LogP contribution in [0.4, 0.5) is 0 Å². The Kier molecular flexibility index (Phi) is 5.91. The lowest BCUT2D eigenvalue weighted by Gasteiger charge is -2.15. The summed E-state index contributed by atoms with van der Waals surface area (Å²) in [6, 6.07) is 10.4. The van der Waals surface area contributed by atoms with Gasteiger partial charge in [-0.3, -0.25) is 0 Å². The van der Waals surface area contributed by atoms with E-state index in [0.717, 1.165) is 28.6 Å². The maximum Gasteiger partial charge on any atom is 0.0493 e. The molecule has 0 saturated carbocycles. The lowest BCUT2D eigenvalue weighted by atomic mass is 10.1. The highest BCUT2D eigenvalue weighted by Crippen LogP contribution is 2.37. The molecule has 0 aliphatic rings. The lowest BCUT2D eigenvalue weighted by molar-refractivity contribution is 0.516. The fourth-order valence-electron chi connectivity index (χ4n) is 2.25. The Labute approximate surface area is 134 Å². The molecule has 108 valence electrons. The van der Waals surface area contributed by atoms with Crippen molar-refractivity contribution in [2.45, 2.75) is 32.7 Å². The first-order valence-corrected chi connectivity index (χ1v) is 8.51. The zero-order valence-electron chi connectivity index (χ0n) is 11.7. The van der Waals surface area contributed by atoms with Crippen molar-refractivity contribution in [1.82, 2.24) is 5.32 Å². The molecule has 4 heteroatoms. The van der Waals surface area contributed by atoms with Gasteiger partial charge in [0.2, 0.25) is 0 Å². The van der Waals surface area contributed by atoms with Crippen molar-refractivity contribution < 1.29 is 0 Å². The largest absolute Gasteiger partial charge is 0.310 e. The van der Waals surface area contributed by atoms with Crippen molar-refractivity contribution in [3.05, 3.63) is 45.3 Å². The summed E-state index contributed by atoms with van der Waals surface area (Å²) in [5.41, 5.74) is 1.02. The summed E-state index contributed by atoms with van der Waals surface area (Å²) in [5, 5.41) is 5.01. The van der Waals surface area contributed by atoms with Gasteiger partial charge >= 0.3 is 0 Å². The molecule has 1 unspecified atom stereocenters. The Bertz CT molecular complexity index is 559. The van der Waals surface area contributed by atoms with Crippen LogP contribution in [0.5, 0.6) is 0 Å². The first-order valence-electron chi connectivity index (χ1n) is 6.94. The highest BCUT2D eigenvalue weighted by Gasteiger charge is 2.14. The van der Waals surface area contributed by atoms with Gasteiger partial charge in [0.25, 0.3) is 0 Å². The predicted molar refractivity (Wildman–Crippen MR) is 91.1 cm³/mol. The van der Waals surface area contributed by atoms with Crippen molar-refractivity contribution in [3.63, 3.8) is 0 Å². The van der Waals surface area contributed by atoms with Crippen LogP contribution in [-0.4, -0.2) is 6.54 Å². The SMILES string of the molecule is CCCC(NCC)c1ccc(-c2cc(Cl)ccc2Cl)s1. The van der Waals surface area contributed by atoms with E-state index < -0.39 is 0 Å². The maximum atomic E-state index is 6.27. The average molecular weight is 328 g/mol. The van der Waals surface area contributed by atoms with Gasteiger partial charge in [-0.1, -0.05) is 43.5 Å². The fraction of sp³-hybridized carbons (Fsp3) is 0.375. The molecule has 0 aliphatic heterocycles. The van der Waals surface area contributed by atoms with E-state index >= 15 is 0 Å². The molecule has 0 radical (unpaired) electrons. The molecule has 2 aromatic rings. The van der Waals surface area contributed by atoms with Gasteiger partial charge in [-0.25, -0.2) is 0 Å². The second-order valence-electron chi connectivity index (χ2n) is 4.73. The summed E-state index contributed by atoms with van der Waals surface area (Å²) in [4.78, 5) is 2.53. The van der Waals surface area contributed by atoms with E-state index in [4.69, 9.17) is 23.2 Å². The molecule has 1 atom stereocenters. The molecule has 1 N–H and O–H groups in total. The van der Waals surface area contributed by atoms with E-state index in [1.165, 1.54) is 16.2 Å². The van der Waals surface area contributed by atoms with Crippen molar-refractivity contribution >= 4 is 34.5 Å². The third kappa shape index (κ3) is 3.76. The van der Waals surface area contributed by atoms with Crippen LogP contribution in [0.15, 0.2) is 30.3 Å². The average Bonchev–Trinajstić information content (AvgIpc) is 2.91. The monoisotopic (exact) mass is 327 g/mol. The van der Waals surface area contributed by atoms with Crippen molar-refractivity contribution in [2.24, 2.45) is 0 Å². The third-order valence-electron chi connectivity index (χ3n) is 3.19. The second-order valence-corrected chi connectivity index (χ2v) is 6.68. The van der Waals surface area contributed by atoms with Crippen LogP contribution in [-0.2, 0) is 0 Å².